The monoisotopic (exact) mass is 273 g/mol. The Morgan fingerprint density at radius 2 is 2.10 bits per heavy atom. The normalized spacial score (nSPS) is 14.4. The number of ether oxygens (including phenoxy) is 1. The molecule has 0 radical (unpaired) electrons. The SMILES string of the molecule is COc1cc2c(cc1-c1ccco1)CC(=O)N(O)C2=O. The van der Waals surface area contributed by atoms with Gasteiger partial charge in [0.2, 0.25) is 0 Å². The molecule has 0 unspecified atom stereocenters. The third-order valence-electron chi connectivity index (χ3n) is 3.21. The molecule has 0 bridgehead atoms. The zero-order chi connectivity index (χ0) is 14.3. The van der Waals surface area contributed by atoms with E-state index in [1.807, 2.05) is 0 Å². The number of carbonyl (C=O) groups excluding carboxylic acids is 2. The molecule has 1 aromatic carbocycles. The number of methoxy groups -OCH3 is 1. The summed E-state index contributed by atoms with van der Waals surface area (Å²) in [5.74, 6) is -0.385. The summed E-state index contributed by atoms with van der Waals surface area (Å²) in [7, 11) is 1.48. The quantitative estimate of drug-likeness (QED) is 0.667. The van der Waals surface area contributed by atoms with Crippen LogP contribution >= 0.6 is 0 Å². The fourth-order valence-corrected chi connectivity index (χ4v) is 2.23. The Morgan fingerprint density at radius 1 is 1.30 bits per heavy atom. The molecule has 3 rings (SSSR count). The van der Waals surface area contributed by atoms with Crippen molar-refractivity contribution in [3.8, 4) is 17.1 Å². The van der Waals surface area contributed by atoms with Crippen molar-refractivity contribution < 1.29 is 24.0 Å². The van der Waals surface area contributed by atoms with Crippen molar-refractivity contribution >= 4 is 11.8 Å². The molecule has 2 amide bonds. The van der Waals surface area contributed by atoms with E-state index in [1.165, 1.54) is 19.4 Å². The molecule has 6 heteroatoms. The van der Waals surface area contributed by atoms with Crippen molar-refractivity contribution in [3.63, 3.8) is 0 Å². The first-order valence-corrected chi connectivity index (χ1v) is 5.92. The Kier molecular flexibility index (Phi) is 2.80. The van der Waals surface area contributed by atoms with E-state index >= 15 is 0 Å². The summed E-state index contributed by atoms with van der Waals surface area (Å²) < 4.78 is 10.6. The van der Waals surface area contributed by atoms with Crippen molar-refractivity contribution in [1.82, 2.24) is 5.06 Å². The molecule has 0 saturated carbocycles. The van der Waals surface area contributed by atoms with E-state index in [0.717, 1.165) is 0 Å². The first kappa shape index (κ1) is 12.4. The predicted octanol–water partition coefficient (Wildman–Crippen LogP) is 1.87. The van der Waals surface area contributed by atoms with Gasteiger partial charge in [-0.2, -0.15) is 5.06 Å². The van der Waals surface area contributed by atoms with Gasteiger partial charge in [0, 0.05) is 5.56 Å². The minimum Gasteiger partial charge on any atom is -0.496 e. The Hall–Kier alpha value is -2.60. The molecular weight excluding hydrogens is 262 g/mol. The van der Waals surface area contributed by atoms with Gasteiger partial charge in [0.05, 0.1) is 25.4 Å². The van der Waals surface area contributed by atoms with E-state index in [2.05, 4.69) is 0 Å². The van der Waals surface area contributed by atoms with Gasteiger partial charge in [0.25, 0.3) is 11.8 Å². The minimum absolute atomic E-state index is 0.0464. The number of hydroxylamine groups is 2. The standard InChI is InChI=1S/C14H11NO5/c1-19-12-7-9-8(6-13(16)15(18)14(9)17)5-10(12)11-3-2-4-20-11/h2-5,7,18H,6H2,1H3. The number of rotatable bonds is 2. The van der Waals surface area contributed by atoms with E-state index in [-0.39, 0.29) is 17.0 Å². The van der Waals surface area contributed by atoms with Gasteiger partial charge in [-0.05, 0) is 29.8 Å². The Balaban J connectivity index is 2.19. The lowest BCUT2D eigenvalue weighted by Gasteiger charge is -2.22. The summed E-state index contributed by atoms with van der Waals surface area (Å²) in [5.41, 5.74) is 1.44. The number of hydrogen-bond acceptors (Lipinski definition) is 5. The zero-order valence-electron chi connectivity index (χ0n) is 10.6. The van der Waals surface area contributed by atoms with Gasteiger partial charge >= 0.3 is 0 Å². The molecule has 2 heterocycles. The van der Waals surface area contributed by atoms with Gasteiger partial charge in [0.15, 0.2) is 0 Å². The summed E-state index contributed by atoms with van der Waals surface area (Å²) in [6.45, 7) is 0. The van der Waals surface area contributed by atoms with Crippen molar-refractivity contribution in [2.45, 2.75) is 6.42 Å². The first-order chi connectivity index (χ1) is 9.61. The van der Waals surface area contributed by atoms with Crippen LogP contribution in [0.2, 0.25) is 0 Å². The van der Waals surface area contributed by atoms with Gasteiger partial charge in [-0.15, -0.1) is 0 Å². The van der Waals surface area contributed by atoms with Gasteiger partial charge in [-0.25, -0.2) is 0 Å². The molecule has 2 aromatic rings. The summed E-state index contributed by atoms with van der Waals surface area (Å²) >= 11 is 0. The molecule has 20 heavy (non-hydrogen) atoms. The highest BCUT2D eigenvalue weighted by atomic mass is 16.5. The third-order valence-corrected chi connectivity index (χ3v) is 3.21. The van der Waals surface area contributed by atoms with Gasteiger partial charge in [-0.3, -0.25) is 14.8 Å². The van der Waals surface area contributed by atoms with Crippen LogP contribution < -0.4 is 4.74 Å². The van der Waals surface area contributed by atoms with Crippen LogP contribution in [0.15, 0.2) is 34.9 Å². The lowest BCUT2D eigenvalue weighted by Crippen LogP contribution is -2.39. The van der Waals surface area contributed by atoms with Crippen molar-refractivity contribution in [1.29, 1.82) is 0 Å². The molecule has 1 aliphatic heterocycles. The highest BCUT2D eigenvalue weighted by molar-refractivity contribution is 6.09. The fraction of sp³-hybridized carbons (Fsp3) is 0.143. The van der Waals surface area contributed by atoms with Crippen molar-refractivity contribution in [2.75, 3.05) is 7.11 Å². The predicted molar refractivity (Wildman–Crippen MR) is 67.4 cm³/mol. The molecule has 0 fully saturated rings. The van der Waals surface area contributed by atoms with Crippen molar-refractivity contribution in [3.05, 3.63) is 41.7 Å². The number of fused-ring (bicyclic) bond motifs is 1. The van der Waals surface area contributed by atoms with Crippen LogP contribution in [-0.2, 0) is 11.2 Å². The van der Waals surface area contributed by atoms with Crippen LogP contribution in [0.1, 0.15) is 15.9 Å². The maximum Gasteiger partial charge on any atom is 0.285 e. The second-order valence-electron chi connectivity index (χ2n) is 4.37. The largest absolute Gasteiger partial charge is 0.496 e. The Bertz CT molecular complexity index is 690. The number of carbonyl (C=O) groups is 2. The molecule has 0 atom stereocenters. The van der Waals surface area contributed by atoms with Crippen molar-refractivity contribution in [2.24, 2.45) is 0 Å². The van der Waals surface area contributed by atoms with Crippen LogP contribution in [0.5, 0.6) is 5.75 Å². The number of benzene rings is 1. The maximum absolute atomic E-state index is 11.9. The smallest absolute Gasteiger partial charge is 0.285 e. The second-order valence-corrected chi connectivity index (χ2v) is 4.37. The van der Waals surface area contributed by atoms with Gasteiger partial charge in [0.1, 0.15) is 11.5 Å². The fourth-order valence-electron chi connectivity index (χ4n) is 2.23. The van der Waals surface area contributed by atoms with E-state index in [0.29, 0.717) is 22.6 Å². The maximum atomic E-state index is 11.9. The molecular formula is C14H11NO5. The number of amides is 2. The number of nitrogens with zero attached hydrogens (tertiary/aromatic N) is 1. The molecule has 1 aliphatic rings. The number of hydrogen-bond donors (Lipinski definition) is 1. The third kappa shape index (κ3) is 1.78. The van der Waals surface area contributed by atoms with Crippen LogP contribution in [0.25, 0.3) is 11.3 Å². The van der Waals surface area contributed by atoms with Crippen LogP contribution in [0.4, 0.5) is 0 Å². The molecule has 1 aromatic heterocycles. The van der Waals surface area contributed by atoms with Gasteiger partial charge in [-0.1, -0.05) is 0 Å². The molecule has 0 aliphatic carbocycles. The average molecular weight is 273 g/mol. The van der Waals surface area contributed by atoms with Crippen LogP contribution in [0, 0.1) is 0 Å². The Morgan fingerprint density at radius 3 is 2.75 bits per heavy atom. The zero-order valence-corrected chi connectivity index (χ0v) is 10.6. The number of furan rings is 1. The topological polar surface area (TPSA) is 80.0 Å². The lowest BCUT2D eigenvalue weighted by molar-refractivity contribution is -0.153. The van der Waals surface area contributed by atoms with E-state index in [4.69, 9.17) is 9.15 Å². The van der Waals surface area contributed by atoms with E-state index in [9.17, 15) is 14.8 Å². The summed E-state index contributed by atoms with van der Waals surface area (Å²) in [4.78, 5) is 23.4. The Labute approximate surface area is 114 Å². The first-order valence-electron chi connectivity index (χ1n) is 5.92. The molecule has 102 valence electrons. The van der Waals surface area contributed by atoms with E-state index in [1.54, 1.807) is 18.2 Å². The van der Waals surface area contributed by atoms with Gasteiger partial charge < -0.3 is 9.15 Å². The van der Waals surface area contributed by atoms with Crippen LogP contribution in [0.3, 0.4) is 0 Å². The average Bonchev–Trinajstić information content (AvgIpc) is 2.98. The summed E-state index contributed by atoms with van der Waals surface area (Å²) in [6, 6.07) is 6.68. The highest BCUT2D eigenvalue weighted by Gasteiger charge is 2.31. The highest BCUT2D eigenvalue weighted by Crippen LogP contribution is 2.35. The van der Waals surface area contributed by atoms with E-state index < -0.39 is 11.8 Å². The second kappa shape index (κ2) is 4.50. The summed E-state index contributed by atoms with van der Waals surface area (Å²) in [6.07, 6.45) is 1.48. The molecule has 0 spiro atoms. The van der Waals surface area contributed by atoms with Crippen LogP contribution in [-0.4, -0.2) is 29.2 Å². The summed E-state index contributed by atoms with van der Waals surface area (Å²) in [5, 5.41) is 9.52. The molecule has 1 N–H and O–H groups in total. The number of imide groups is 1. The molecule has 6 nitrogen and oxygen atoms in total. The lowest BCUT2D eigenvalue weighted by atomic mass is 9.95. The molecule has 0 saturated heterocycles. The minimum atomic E-state index is -0.749.